The fraction of sp³-hybridized carbons (Fsp3) is 0.364. The number of aliphatic imine (C=N–C) groups is 1. The van der Waals surface area contributed by atoms with E-state index in [4.69, 9.17) is 34.8 Å². The van der Waals surface area contributed by atoms with E-state index in [-0.39, 0.29) is 37.8 Å². The largest absolute Gasteiger partial charge is 0.400 e. The quantitative estimate of drug-likeness (QED) is 0.531. The minimum atomic E-state index is -4.64. The smallest absolute Gasteiger partial charge is 0.347 e. The topological polar surface area (TPSA) is 75.6 Å². The molecule has 2 aromatic carbocycles. The van der Waals surface area contributed by atoms with Crippen molar-refractivity contribution in [3.63, 3.8) is 0 Å². The van der Waals surface area contributed by atoms with Crippen molar-refractivity contribution in [2.45, 2.75) is 31.0 Å². The molecule has 34 heavy (non-hydrogen) atoms. The van der Waals surface area contributed by atoms with Crippen molar-refractivity contribution < 1.29 is 26.4 Å². The molecule has 5 nitrogen and oxygen atoms in total. The van der Waals surface area contributed by atoms with Gasteiger partial charge in [0.2, 0.25) is 0 Å². The highest BCUT2D eigenvalue weighted by atomic mass is 35.5. The summed E-state index contributed by atoms with van der Waals surface area (Å²) >= 11 is 17.9. The molecule has 0 radical (unpaired) electrons. The number of nitrogens with zero attached hydrogens (tertiary/aromatic N) is 1. The van der Waals surface area contributed by atoms with Crippen LogP contribution in [0.2, 0.25) is 15.1 Å². The standard InChI is InChI=1S/C22H18Cl3F3N2O3S/c1-11-4-12(2-3-15(11)20(31)30-14-8-34(32,33)9-14)18-7-21(10-29-18,22(26,27)28)13-5-16(23)19(25)17(24)6-13/h2-6,14H,7-10H2,1H3,(H,30,31). The van der Waals surface area contributed by atoms with Gasteiger partial charge in [-0.25, -0.2) is 8.42 Å². The van der Waals surface area contributed by atoms with Crippen LogP contribution in [-0.2, 0) is 15.3 Å². The van der Waals surface area contributed by atoms with Crippen molar-refractivity contribution in [2.75, 3.05) is 18.1 Å². The normalized spacial score (nSPS) is 22.3. The minimum absolute atomic E-state index is 0.0208. The van der Waals surface area contributed by atoms with E-state index in [0.29, 0.717) is 16.7 Å². The second kappa shape index (κ2) is 8.69. The molecule has 1 unspecified atom stereocenters. The molecule has 1 fully saturated rings. The Labute approximate surface area is 209 Å². The zero-order valence-corrected chi connectivity index (χ0v) is 20.7. The maximum Gasteiger partial charge on any atom is 0.400 e. The summed E-state index contributed by atoms with van der Waals surface area (Å²) in [5.74, 6) is -0.650. The highest BCUT2D eigenvalue weighted by molar-refractivity contribution is 7.92. The van der Waals surface area contributed by atoms with Crippen LogP contribution >= 0.6 is 34.8 Å². The molecule has 0 spiro atoms. The second-order valence-corrected chi connectivity index (χ2v) is 11.9. The number of aryl methyl sites for hydroxylation is 1. The molecule has 2 aliphatic rings. The molecule has 1 amide bonds. The summed E-state index contributed by atoms with van der Waals surface area (Å²) < 4.78 is 65.6. The maximum absolute atomic E-state index is 14.3. The number of rotatable bonds is 4. The lowest BCUT2D eigenvalue weighted by atomic mass is 9.76. The number of carbonyl (C=O) groups excluding carboxylic acids is 1. The molecule has 2 heterocycles. The lowest BCUT2D eigenvalue weighted by Gasteiger charge is -2.32. The molecule has 1 N–H and O–H groups in total. The third kappa shape index (κ3) is 4.55. The van der Waals surface area contributed by atoms with Crippen molar-refractivity contribution in [3.8, 4) is 0 Å². The highest BCUT2D eigenvalue weighted by Gasteiger charge is 2.58. The van der Waals surface area contributed by atoms with E-state index in [2.05, 4.69) is 10.3 Å². The highest BCUT2D eigenvalue weighted by Crippen LogP contribution is 2.49. The number of amides is 1. The molecule has 0 aliphatic carbocycles. The summed E-state index contributed by atoms with van der Waals surface area (Å²) in [5, 5.41) is 2.48. The second-order valence-electron chi connectivity index (χ2n) is 8.55. The van der Waals surface area contributed by atoms with E-state index in [1.807, 2.05) is 0 Å². The van der Waals surface area contributed by atoms with Crippen LogP contribution in [0, 0.1) is 6.92 Å². The Morgan fingerprint density at radius 2 is 1.74 bits per heavy atom. The first-order valence-electron chi connectivity index (χ1n) is 10.1. The number of halogens is 6. The van der Waals surface area contributed by atoms with Gasteiger partial charge < -0.3 is 5.32 Å². The summed E-state index contributed by atoms with van der Waals surface area (Å²) in [4.78, 5) is 16.7. The van der Waals surface area contributed by atoms with Crippen molar-refractivity contribution in [1.29, 1.82) is 0 Å². The average molecular weight is 554 g/mol. The van der Waals surface area contributed by atoms with Gasteiger partial charge in [-0.05, 0) is 47.9 Å². The monoisotopic (exact) mass is 552 g/mol. The van der Waals surface area contributed by atoms with E-state index in [9.17, 15) is 26.4 Å². The van der Waals surface area contributed by atoms with Gasteiger partial charge in [0.05, 0.1) is 39.2 Å². The van der Waals surface area contributed by atoms with Gasteiger partial charge >= 0.3 is 6.18 Å². The lowest BCUT2D eigenvalue weighted by Crippen LogP contribution is -2.53. The molecule has 12 heteroatoms. The van der Waals surface area contributed by atoms with Crippen molar-refractivity contribution >= 4 is 56.3 Å². The van der Waals surface area contributed by atoms with Gasteiger partial charge in [0.25, 0.3) is 5.91 Å². The number of hydrogen-bond donors (Lipinski definition) is 1. The Balaban J connectivity index is 1.59. The van der Waals surface area contributed by atoms with Crippen molar-refractivity contribution in [1.82, 2.24) is 5.32 Å². The van der Waals surface area contributed by atoms with Crippen LogP contribution < -0.4 is 5.32 Å². The van der Waals surface area contributed by atoms with Gasteiger partial charge in [-0.2, -0.15) is 13.2 Å². The predicted octanol–water partition coefficient (Wildman–Crippen LogP) is 5.18. The Kier molecular flexibility index (Phi) is 6.46. The van der Waals surface area contributed by atoms with E-state index < -0.39 is 46.3 Å². The fourth-order valence-corrected chi connectivity index (χ4v) is 6.10. The van der Waals surface area contributed by atoms with Gasteiger partial charge in [-0.15, -0.1) is 0 Å². The number of hydrogen-bond acceptors (Lipinski definition) is 4. The van der Waals surface area contributed by atoms with Crippen molar-refractivity contribution in [2.24, 2.45) is 4.99 Å². The molecule has 2 aromatic rings. The zero-order chi connectivity index (χ0) is 25.1. The summed E-state index contributed by atoms with van der Waals surface area (Å²) in [6.45, 7) is 1.11. The summed E-state index contributed by atoms with van der Waals surface area (Å²) in [6.07, 6.45) is -5.08. The van der Waals surface area contributed by atoms with Gasteiger partial charge in [0, 0.05) is 17.7 Å². The van der Waals surface area contributed by atoms with Crippen LogP contribution in [0.4, 0.5) is 13.2 Å². The lowest BCUT2D eigenvalue weighted by molar-refractivity contribution is -0.183. The number of sulfone groups is 1. The number of nitrogens with one attached hydrogen (secondary N) is 1. The molecule has 0 bridgehead atoms. The Bertz CT molecular complexity index is 1290. The van der Waals surface area contributed by atoms with Crippen LogP contribution in [0.15, 0.2) is 35.3 Å². The number of alkyl halides is 3. The predicted molar refractivity (Wildman–Crippen MR) is 126 cm³/mol. The van der Waals surface area contributed by atoms with Gasteiger partial charge in [-0.1, -0.05) is 40.9 Å². The first-order chi connectivity index (χ1) is 15.7. The van der Waals surface area contributed by atoms with Crippen LogP contribution in [0.1, 0.15) is 33.5 Å². The Morgan fingerprint density at radius 3 is 2.26 bits per heavy atom. The summed E-state index contributed by atoms with van der Waals surface area (Å²) in [5.41, 5.74) is -0.912. The molecule has 1 atom stereocenters. The Hall–Kier alpha value is -1.81. The van der Waals surface area contributed by atoms with Crippen LogP contribution in [0.25, 0.3) is 0 Å². The third-order valence-corrected chi connectivity index (χ3v) is 9.16. The summed E-state index contributed by atoms with van der Waals surface area (Å²) in [6, 6.07) is 6.52. The van der Waals surface area contributed by atoms with Gasteiger partial charge in [0.15, 0.2) is 9.84 Å². The molecule has 182 valence electrons. The maximum atomic E-state index is 14.3. The minimum Gasteiger partial charge on any atom is -0.347 e. The zero-order valence-electron chi connectivity index (χ0n) is 17.6. The van der Waals surface area contributed by atoms with Gasteiger partial charge in [-0.3, -0.25) is 9.79 Å². The van der Waals surface area contributed by atoms with Crippen LogP contribution in [0.3, 0.4) is 0 Å². The molecule has 0 saturated carbocycles. The molecule has 0 aromatic heterocycles. The van der Waals surface area contributed by atoms with E-state index in [1.165, 1.54) is 24.3 Å². The number of benzene rings is 2. The average Bonchev–Trinajstić information content (AvgIpc) is 3.17. The first kappa shape index (κ1) is 25.3. The van der Waals surface area contributed by atoms with Gasteiger partial charge in [0.1, 0.15) is 5.41 Å². The Morgan fingerprint density at radius 1 is 1.12 bits per heavy atom. The van der Waals surface area contributed by atoms with E-state index in [0.717, 1.165) is 0 Å². The fourth-order valence-electron chi connectivity index (χ4n) is 4.21. The number of carbonyl (C=O) groups is 1. The SMILES string of the molecule is Cc1cc(C2=NCC(c3cc(Cl)c(Cl)c(Cl)c3)(C(F)(F)F)C2)ccc1C(=O)NC1CS(=O)(=O)C1. The molecule has 1 saturated heterocycles. The molecule has 4 rings (SSSR count). The molecular formula is C22H18Cl3F3N2O3S. The van der Waals surface area contributed by atoms with Crippen molar-refractivity contribution in [3.05, 3.63) is 67.7 Å². The molecule has 2 aliphatic heterocycles. The van der Waals surface area contributed by atoms with E-state index in [1.54, 1.807) is 13.0 Å². The summed E-state index contributed by atoms with van der Waals surface area (Å²) in [7, 11) is -3.09. The van der Waals surface area contributed by atoms with Crippen LogP contribution in [0.5, 0.6) is 0 Å². The first-order valence-corrected chi connectivity index (χ1v) is 13.1. The third-order valence-electron chi connectivity index (χ3n) is 6.14. The molecular weight excluding hydrogens is 536 g/mol. The van der Waals surface area contributed by atoms with E-state index >= 15 is 0 Å². The van der Waals surface area contributed by atoms with Crippen LogP contribution in [-0.4, -0.2) is 50.3 Å².